The maximum atomic E-state index is 11.1. The van der Waals surface area contributed by atoms with Gasteiger partial charge in [-0.1, -0.05) is 11.6 Å². The van der Waals surface area contributed by atoms with Gasteiger partial charge in [-0.3, -0.25) is 0 Å². The fraction of sp³-hybridized carbons (Fsp3) is 0.583. The zero-order chi connectivity index (χ0) is 13.5. The average Bonchev–Trinajstić information content (AvgIpc) is 2.75. The molecular weight excluding hydrogens is 270 g/mol. The van der Waals surface area contributed by atoms with Crippen molar-refractivity contribution in [3.05, 3.63) is 17.0 Å². The largest absolute Gasteiger partial charge is 0.509 e. The summed E-state index contributed by atoms with van der Waals surface area (Å²) in [4.78, 5) is 21.6. The minimum atomic E-state index is -0.565. The second kappa shape index (κ2) is 4.52. The van der Waals surface area contributed by atoms with Crippen molar-refractivity contribution in [3.63, 3.8) is 0 Å². The maximum absolute atomic E-state index is 11.1. The van der Waals surface area contributed by atoms with Crippen LogP contribution in [0.4, 0.5) is 10.6 Å². The lowest BCUT2D eigenvalue weighted by molar-refractivity contribution is 0.0366. The van der Waals surface area contributed by atoms with Crippen LogP contribution in [0.1, 0.15) is 18.7 Å². The summed E-state index contributed by atoms with van der Waals surface area (Å²) in [7, 11) is 0. The summed E-state index contributed by atoms with van der Waals surface area (Å²) in [6, 6.07) is 0. The highest BCUT2D eigenvalue weighted by molar-refractivity contribution is 6.32. The molecule has 19 heavy (non-hydrogen) atoms. The maximum Gasteiger partial charge on any atom is 0.509 e. The molecule has 0 amide bonds. The summed E-state index contributed by atoms with van der Waals surface area (Å²) in [6.07, 6.45) is 2.49. The molecule has 0 atom stereocenters. The van der Waals surface area contributed by atoms with Crippen LogP contribution in [-0.2, 0) is 9.47 Å². The van der Waals surface area contributed by atoms with E-state index in [2.05, 4.69) is 14.9 Å². The summed E-state index contributed by atoms with van der Waals surface area (Å²) in [5, 5.41) is 0.543. The van der Waals surface area contributed by atoms with Crippen LogP contribution in [0, 0.1) is 6.92 Å². The first-order chi connectivity index (χ1) is 9.08. The quantitative estimate of drug-likeness (QED) is 0.734. The van der Waals surface area contributed by atoms with E-state index < -0.39 is 11.8 Å². The summed E-state index contributed by atoms with van der Waals surface area (Å²) in [6.45, 7) is 3.63. The Morgan fingerprint density at radius 3 is 2.79 bits per heavy atom. The van der Waals surface area contributed by atoms with E-state index in [0.717, 1.165) is 31.7 Å². The minimum Gasteiger partial charge on any atom is -0.430 e. The molecule has 0 N–H and O–H groups in total. The van der Waals surface area contributed by atoms with E-state index >= 15 is 0 Å². The molecule has 0 bridgehead atoms. The highest BCUT2D eigenvalue weighted by atomic mass is 35.5. The smallest absolute Gasteiger partial charge is 0.430 e. The number of ether oxygens (including phenoxy) is 2. The predicted molar refractivity (Wildman–Crippen MR) is 68.4 cm³/mol. The molecule has 0 aromatic carbocycles. The molecule has 0 saturated carbocycles. The number of carbonyl (C=O) groups is 1. The lowest BCUT2D eigenvalue weighted by Crippen LogP contribution is -2.46. The van der Waals surface area contributed by atoms with Crippen LogP contribution < -0.4 is 4.90 Å². The van der Waals surface area contributed by atoms with Gasteiger partial charge in [0.25, 0.3) is 0 Å². The third-order valence-corrected chi connectivity index (χ3v) is 3.84. The Kier molecular flexibility index (Phi) is 2.97. The Morgan fingerprint density at radius 2 is 2.16 bits per heavy atom. The van der Waals surface area contributed by atoms with Gasteiger partial charge >= 0.3 is 6.16 Å². The van der Waals surface area contributed by atoms with E-state index in [-0.39, 0.29) is 0 Å². The number of hydrogen-bond donors (Lipinski definition) is 0. The second-order valence-corrected chi connectivity index (χ2v) is 5.31. The van der Waals surface area contributed by atoms with Gasteiger partial charge in [0.05, 0.1) is 6.20 Å². The van der Waals surface area contributed by atoms with Crippen molar-refractivity contribution < 1.29 is 14.3 Å². The van der Waals surface area contributed by atoms with Crippen LogP contribution in [0.2, 0.25) is 5.02 Å². The summed E-state index contributed by atoms with van der Waals surface area (Å²) >= 11 is 6.13. The molecule has 1 aromatic rings. The topological polar surface area (TPSA) is 64.6 Å². The number of aromatic nitrogens is 2. The first-order valence-corrected chi connectivity index (χ1v) is 6.56. The molecule has 2 fully saturated rings. The predicted octanol–water partition coefficient (Wildman–Crippen LogP) is 1.94. The monoisotopic (exact) mass is 283 g/mol. The number of carbonyl (C=O) groups excluding carboxylic acids is 1. The Hall–Kier alpha value is -1.56. The molecule has 1 aromatic heterocycles. The van der Waals surface area contributed by atoms with Crippen molar-refractivity contribution in [2.75, 3.05) is 24.6 Å². The van der Waals surface area contributed by atoms with Crippen LogP contribution in [-0.4, -0.2) is 41.4 Å². The molecule has 102 valence electrons. The molecule has 2 saturated heterocycles. The fourth-order valence-electron chi connectivity index (χ4n) is 2.46. The first-order valence-electron chi connectivity index (χ1n) is 6.18. The van der Waals surface area contributed by atoms with Crippen molar-refractivity contribution >= 4 is 23.6 Å². The molecule has 0 aliphatic carbocycles. The van der Waals surface area contributed by atoms with Gasteiger partial charge in [0.2, 0.25) is 0 Å². The summed E-state index contributed by atoms with van der Waals surface area (Å²) in [5.74, 6) is 1.43. The molecule has 1 spiro atoms. The number of rotatable bonds is 1. The highest BCUT2D eigenvalue weighted by Crippen LogP contribution is 2.34. The average molecular weight is 284 g/mol. The Morgan fingerprint density at radius 1 is 1.42 bits per heavy atom. The van der Waals surface area contributed by atoms with E-state index in [4.69, 9.17) is 21.1 Å². The molecule has 7 heteroatoms. The van der Waals surface area contributed by atoms with Crippen molar-refractivity contribution in [3.8, 4) is 0 Å². The van der Waals surface area contributed by atoms with Crippen LogP contribution in [0.5, 0.6) is 0 Å². The first kappa shape index (κ1) is 12.5. The van der Waals surface area contributed by atoms with Crippen LogP contribution in [0.3, 0.4) is 0 Å². The van der Waals surface area contributed by atoms with Crippen molar-refractivity contribution in [2.45, 2.75) is 25.4 Å². The fourth-order valence-corrected chi connectivity index (χ4v) is 2.67. The van der Waals surface area contributed by atoms with Gasteiger partial charge in [0.1, 0.15) is 17.5 Å². The van der Waals surface area contributed by atoms with Gasteiger partial charge in [-0.15, -0.1) is 0 Å². The number of cyclic esters (lactones) is 1. The molecule has 3 rings (SSSR count). The molecule has 0 unspecified atom stereocenters. The second-order valence-electron chi connectivity index (χ2n) is 4.90. The normalized spacial score (nSPS) is 21.4. The minimum absolute atomic E-state index is 0.343. The molecule has 0 radical (unpaired) electrons. The van der Waals surface area contributed by atoms with E-state index in [9.17, 15) is 4.79 Å². The Labute approximate surface area is 115 Å². The molecule has 2 aliphatic heterocycles. The number of aryl methyl sites for hydroxylation is 1. The van der Waals surface area contributed by atoms with Crippen LogP contribution in [0.25, 0.3) is 0 Å². The number of nitrogens with zero attached hydrogens (tertiary/aromatic N) is 3. The zero-order valence-electron chi connectivity index (χ0n) is 10.6. The summed E-state index contributed by atoms with van der Waals surface area (Å²) in [5.41, 5.74) is -0.456. The lowest BCUT2D eigenvalue weighted by atomic mass is 9.92. The van der Waals surface area contributed by atoms with Crippen molar-refractivity contribution in [1.82, 2.24) is 9.97 Å². The third kappa shape index (κ3) is 2.32. The molecule has 6 nitrogen and oxygen atoms in total. The van der Waals surface area contributed by atoms with Crippen LogP contribution in [0.15, 0.2) is 6.20 Å². The van der Waals surface area contributed by atoms with Crippen molar-refractivity contribution in [2.24, 2.45) is 0 Å². The van der Waals surface area contributed by atoms with E-state index in [1.54, 1.807) is 6.20 Å². The van der Waals surface area contributed by atoms with E-state index in [1.807, 2.05) is 6.92 Å². The Bertz CT molecular complexity index is 515. The highest BCUT2D eigenvalue weighted by Gasteiger charge is 2.45. The van der Waals surface area contributed by atoms with Gasteiger partial charge in [0, 0.05) is 25.9 Å². The van der Waals surface area contributed by atoms with Gasteiger partial charge in [-0.2, -0.15) is 0 Å². The van der Waals surface area contributed by atoms with Gasteiger partial charge in [-0.05, 0) is 6.92 Å². The summed E-state index contributed by atoms with van der Waals surface area (Å²) < 4.78 is 10.2. The molecular formula is C12H14ClN3O3. The van der Waals surface area contributed by atoms with Gasteiger partial charge < -0.3 is 14.4 Å². The number of piperidine rings is 1. The van der Waals surface area contributed by atoms with Crippen LogP contribution >= 0.6 is 11.6 Å². The SMILES string of the molecule is Cc1ncc(Cl)c(N2CCC3(CC2)COC(=O)O3)n1. The third-order valence-electron chi connectivity index (χ3n) is 3.57. The molecule has 3 heterocycles. The number of halogens is 1. The van der Waals surface area contributed by atoms with Crippen molar-refractivity contribution in [1.29, 1.82) is 0 Å². The number of hydrogen-bond acceptors (Lipinski definition) is 6. The Balaban J connectivity index is 1.73. The standard InChI is InChI=1S/C12H14ClN3O3/c1-8-14-6-9(13)10(15-8)16-4-2-12(3-5-16)7-18-11(17)19-12/h6H,2-5,7H2,1H3. The van der Waals surface area contributed by atoms with E-state index in [0.29, 0.717) is 17.5 Å². The zero-order valence-corrected chi connectivity index (χ0v) is 11.3. The van der Waals surface area contributed by atoms with E-state index in [1.165, 1.54) is 0 Å². The molecule has 2 aliphatic rings. The lowest BCUT2D eigenvalue weighted by Gasteiger charge is -2.37. The van der Waals surface area contributed by atoms with Gasteiger partial charge in [-0.25, -0.2) is 14.8 Å². The van der Waals surface area contributed by atoms with Gasteiger partial charge in [0.15, 0.2) is 11.4 Å². The number of anilines is 1.